The number of rotatable bonds is 10. The highest BCUT2D eigenvalue weighted by Crippen LogP contribution is 2.44. The van der Waals surface area contributed by atoms with Gasteiger partial charge < -0.3 is 15.2 Å². The van der Waals surface area contributed by atoms with Gasteiger partial charge >= 0.3 is 0 Å². The molecule has 0 spiro atoms. The van der Waals surface area contributed by atoms with Crippen molar-refractivity contribution in [2.75, 3.05) is 13.1 Å². The summed E-state index contributed by atoms with van der Waals surface area (Å²) < 4.78 is 32.7. The molecule has 2 amide bonds. The fourth-order valence-corrected chi connectivity index (χ4v) is 5.57. The molecule has 3 aromatic rings. The van der Waals surface area contributed by atoms with E-state index in [0.29, 0.717) is 24.8 Å². The van der Waals surface area contributed by atoms with Crippen LogP contribution in [0.25, 0.3) is 11.3 Å². The van der Waals surface area contributed by atoms with E-state index in [-0.39, 0.29) is 22.9 Å². The van der Waals surface area contributed by atoms with Gasteiger partial charge in [-0.1, -0.05) is 25.4 Å². The molecule has 9 nitrogen and oxygen atoms in total. The molecule has 3 atom stereocenters. The second kappa shape index (κ2) is 11.8. The first-order chi connectivity index (χ1) is 19.3. The van der Waals surface area contributed by atoms with Crippen LogP contribution in [0.2, 0.25) is 0 Å². The number of piperidine rings is 1. The summed E-state index contributed by atoms with van der Waals surface area (Å²) in [5.74, 6) is -2.12. The molecular formula is C29H34F2N6O3. The van der Waals surface area contributed by atoms with Gasteiger partial charge in [0, 0.05) is 49.7 Å². The summed E-state index contributed by atoms with van der Waals surface area (Å²) in [4.78, 5) is 38.1. The van der Waals surface area contributed by atoms with Crippen molar-refractivity contribution in [3.63, 3.8) is 0 Å². The third-order valence-electron chi connectivity index (χ3n) is 7.95. The average Bonchev–Trinajstić information content (AvgIpc) is 3.57. The van der Waals surface area contributed by atoms with Gasteiger partial charge in [0.15, 0.2) is 17.3 Å². The van der Waals surface area contributed by atoms with Gasteiger partial charge in [0.05, 0.1) is 17.0 Å². The third kappa shape index (κ3) is 5.89. The zero-order valence-corrected chi connectivity index (χ0v) is 22.7. The lowest BCUT2D eigenvalue weighted by molar-refractivity contribution is -0.129. The van der Waals surface area contributed by atoms with E-state index >= 15 is 0 Å². The third-order valence-corrected chi connectivity index (χ3v) is 7.95. The van der Waals surface area contributed by atoms with Crippen LogP contribution in [0.4, 0.5) is 8.78 Å². The van der Waals surface area contributed by atoms with Crippen LogP contribution in [0.3, 0.4) is 0 Å². The standard InChI is InChI=1S/C29H34F2N6O3/c1-3-6-19(4-2)37-14-9-23(21(17-37)26(38)35-29(10-11-29)28-32-12-5-13-33-28)34-27(39)24-16-25(40-36-24)20-8-7-18(30)15-22(20)31/h5,7-8,12-13,15-16,19,21,23H,3-4,6,9-11,14,17H2,1-2H3,(H,34,39)(H,35,38). The van der Waals surface area contributed by atoms with Crippen LogP contribution in [-0.4, -0.2) is 57.0 Å². The van der Waals surface area contributed by atoms with E-state index in [0.717, 1.165) is 50.8 Å². The molecule has 1 aromatic carbocycles. The molecule has 1 aliphatic carbocycles. The number of carbonyl (C=O) groups excluding carboxylic acids is 2. The van der Waals surface area contributed by atoms with E-state index in [1.54, 1.807) is 18.5 Å². The molecular weight excluding hydrogens is 518 g/mol. The van der Waals surface area contributed by atoms with Crippen molar-refractivity contribution in [3.8, 4) is 11.3 Å². The van der Waals surface area contributed by atoms with Crippen LogP contribution < -0.4 is 10.6 Å². The number of nitrogens with zero attached hydrogens (tertiary/aromatic N) is 4. The number of aromatic nitrogens is 3. The Morgan fingerprint density at radius 3 is 2.62 bits per heavy atom. The first-order valence-corrected chi connectivity index (χ1v) is 13.9. The molecule has 5 rings (SSSR count). The molecule has 1 saturated carbocycles. The van der Waals surface area contributed by atoms with Crippen molar-refractivity contribution in [1.82, 2.24) is 30.7 Å². The smallest absolute Gasteiger partial charge is 0.273 e. The van der Waals surface area contributed by atoms with Crippen molar-refractivity contribution >= 4 is 11.8 Å². The second-order valence-corrected chi connectivity index (χ2v) is 10.7. The van der Waals surface area contributed by atoms with E-state index in [1.807, 2.05) is 0 Å². The van der Waals surface area contributed by atoms with Crippen LogP contribution in [0.1, 0.15) is 68.7 Å². The lowest BCUT2D eigenvalue weighted by atomic mass is 9.88. The minimum absolute atomic E-state index is 0.00194. The summed E-state index contributed by atoms with van der Waals surface area (Å²) >= 11 is 0. The number of nitrogens with one attached hydrogen (secondary N) is 2. The van der Waals surface area contributed by atoms with Crippen LogP contribution >= 0.6 is 0 Å². The van der Waals surface area contributed by atoms with Gasteiger partial charge in [0.1, 0.15) is 11.6 Å². The molecule has 212 valence electrons. The van der Waals surface area contributed by atoms with Crippen LogP contribution in [-0.2, 0) is 10.3 Å². The highest BCUT2D eigenvalue weighted by atomic mass is 19.1. The lowest BCUT2D eigenvalue weighted by Gasteiger charge is -2.42. The summed E-state index contributed by atoms with van der Waals surface area (Å²) in [6.07, 6.45) is 8.48. The Hall–Kier alpha value is -3.73. The van der Waals surface area contributed by atoms with Crippen LogP contribution in [0, 0.1) is 17.6 Å². The molecule has 1 aliphatic heterocycles. The van der Waals surface area contributed by atoms with E-state index in [2.05, 4.69) is 44.5 Å². The predicted octanol–water partition coefficient (Wildman–Crippen LogP) is 4.21. The average molecular weight is 553 g/mol. The van der Waals surface area contributed by atoms with Gasteiger partial charge in [-0.15, -0.1) is 0 Å². The maximum absolute atomic E-state index is 14.2. The van der Waals surface area contributed by atoms with Gasteiger partial charge in [-0.05, 0) is 50.3 Å². The Morgan fingerprint density at radius 1 is 1.18 bits per heavy atom. The molecule has 2 aliphatic rings. The molecule has 2 aromatic heterocycles. The topological polar surface area (TPSA) is 113 Å². The largest absolute Gasteiger partial charge is 0.355 e. The van der Waals surface area contributed by atoms with E-state index in [9.17, 15) is 18.4 Å². The SMILES string of the molecule is CCCC(CC)N1CCC(NC(=O)c2cc(-c3ccc(F)cc3F)on2)C(C(=O)NC2(c3ncccn3)CC2)C1. The van der Waals surface area contributed by atoms with Crippen molar-refractivity contribution in [1.29, 1.82) is 0 Å². The number of amides is 2. The fourth-order valence-electron chi connectivity index (χ4n) is 5.57. The molecule has 3 heterocycles. The summed E-state index contributed by atoms with van der Waals surface area (Å²) in [5.41, 5.74) is -0.629. The molecule has 3 unspecified atom stereocenters. The van der Waals surface area contributed by atoms with Crippen molar-refractivity contribution in [2.24, 2.45) is 5.92 Å². The number of carbonyl (C=O) groups is 2. The van der Waals surface area contributed by atoms with Gasteiger partial charge in [0.2, 0.25) is 5.91 Å². The fraction of sp³-hybridized carbons (Fsp3) is 0.483. The minimum atomic E-state index is -0.818. The van der Waals surface area contributed by atoms with Gasteiger partial charge in [-0.25, -0.2) is 18.7 Å². The Labute approximate surface area is 231 Å². The number of hydrogen-bond donors (Lipinski definition) is 2. The highest BCUT2D eigenvalue weighted by molar-refractivity contribution is 5.94. The van der Waals surface area contributed by atoms with Crippen molar-refractivity contribution in [3.05, 3.63) is 65.9 Å². The number of halogens is 2. The molecule has 2 fully saturated rings. The maximum Gasteiger partial charge on any atom is 0.273 e. The van der Waals surface area contributed by atoms with Gasteiger partial charge in [0.25, 0.3) is 5.91 Å². The Balaban J connectivity index is 1.33. The minimum Gasteiger partial charge on any atom is -0.355 e. The van der Waals surface area contributed by atoms with Crippen molar-refractivity contribution in [2.45, 2.75) is 70.0 Å². The predicted molar refractivity (Wildman–Crippen MR) is 143 cm³/mol. The van der Waals surface area contributed by atoms with E-state index in [1.165, 1.54) is 12.1 Å². The number of benzene rings is 1. The zero-order chi connectivity index (χ0) is 28.3. The Bertz CT molecular complexity index is 1350. The Morgan fingerprint density at radius 2 is 1.95 bits per heavy atom. The second-order valence-electron chi connectivity index (χ2n) is 10.7. The molecule has 0 bridgehead atoms. The molecule has 0 radical (unpaired) electrons. The summed E-state index contributed by atoms with van der Waals surface area (Å²) in [5, 5.41) is 9.98. The first kappa shape index (κ1) is 27.8. The molecule has 40 heavy (non-hydrogen) atoms. The zero-order valence-electron chi connectivity index (χ0n) is 22.7. The number of likely N-dealkylation sites (tertiary alicyclic amines) is 1. The highest BCUT2D eigenvalue weighted by Gasteiger charge is 2.50. The molecule has 2 N–H and O–H groups in total. The van der Waals surface area contributed by atoms with E-state index < -0.39 is 35.0 Å². The summed E-state index contributed by atoms with van der Waals surface area (Å²) in [7, 11) is 0. The van der Waals surface area contributed by atoms with Gasteiger partial charge in [-0.2, -0.15) is 0 Å². The monoisotopic (exact) mass is 552 g/mol. The van der Waals surface area contributed by atoms with Crippen LogP contribution in [0.15, 0.2) is 47.2 Å². The van der Waals surface area contributed by atoms with Gasteiger partial charge in [-0.3, -0.25) is 14.5 Å². The molecule has 1 saturated heterocycles. The first-order valence-electron chi connectivity index (χ1n) is 13.9. The van der Waals surface area contributed by atoms with Crippen LogP contribution in [0.5, 0.6) is 0 Å². The molecule has 11 heteroatoms. The van der Waals surface area contributed by atoms with Crippen molar-refractivity contribution < 1.29 is 22.9 Å². The summed E-state index contributed by atoms with van der Waals surface area (Å²) in [6, 6.07) is 6.04. The summed E-state index contributed by atoms with van der Waals surface area (Å²) in [6.45, 7) is 5.55. The lowest BCUT2D eigenvalue weighted by Crippen LogP contribution is -2.58. The normalized spacial score (nSPS) is 21.0. The van der Waals surface area contributed by atoms with E-state index in [4.69, 9.17) is 4.52 Å². The maximum atomic E-state index is 14.2. The quantitative estimate of drug-likeness (QED) is 0.387. The Kier molecular flexibility index (Phi) is 8.20. The number of hydrogen-bond acceptors (Lipinski definition) is 7.